The maximum Gasteiger partial charge on any atom is 0.241 e. The van der Waals surface area contributed by atoms with Crippen LogP contribution in [0.5, 0.6) is 5.75 Å². The van der Waals surface area contributed by atoms with Crippen molar-refractivity contribution in [1.82, 2.24) is 4.72 Å². The topological polar surface area (TPSA) is 90.7 Å². The Kier molecular flexibility index (Phi) is 4.22. The minimum atomic E-state index is -3.63. The van der Waals surface area contributed by atoms with E-state index in [9.17, 15) is 8.42 Å². The molecule has 0 aliphatic carbocycles. The number of hydrogen-bond acceptors (Lipinski definition) is 5. The van der Waals surface area contributed by atoms with Gasteiger partial charge in [-0.15, -0.1) is 0 Å². The highest BCUT2D eigenvalue weighted by molar-refractivity contribution is 7.89. The highest BCUT2D eigenvalue weighted by Crippen LogP contribution is 2.27. The van der Waals surface area contributed by atoms with Crippen LogP contribution in [0.2, 0.25) is 0 Å². The Bertz CT molecular complexity index is 580. The normalized spacial score (nSPS) is 23.5. The highest BCUT2D eigenvalue weighted by atomic mass is 32.2. The maximum absolute atomic E-state index is 12.4. The Morgan fingerprint density at radius 1 is 1.45 bits per heavy atom. The molecule has 0 saturated carbocycles. The van der Waals surface area contributed by atoms with Crippen molar-refractivity contribution in [3.05, 3.63) is 18.2 Å². The van der Waals surface area contributed by atoms with Gasteiger partial charge in [0.15, 0.2) is 0 Å². The van der Waals surface area contributed by atoms with Crippen LogP contribution in [0, 0.1) is 0 Å². The molecule has 0 bridgehead atoms. The van der Waals surface area contributed by atoms with Gasteiger partial charge in [0.05, 0.1) is 29.8 Å². The molecule has 0 spiro atoms. The van der Waals surface area contributed by atoms with Crippen LogP contribution < -0.4 is 15.2 Å². The number of benzene rings is 1. The lowest BCUT2D eigenvalue weighted by atomic mass is 9.97. The lowest BCUT2D eigenvalue weighted by Crippen LogP contribution is -2.51. The van der Waals surface area contributed by atoms with Gasteiger partial charge in [-0.05, 0) is 31.9 Å². The molecular formula is C13H20N2O4S. The number of sulfonamides is 1. The van der Waals surface area contributed by atoms with Crippen LogP contribution in [-0.2, 0) is 14.8 Å². The first-order valence-corrected chi connectivity index (χ1v) is 7.90. The summed E-state index contributed by atoms with van der Waals surface area (Å²) in [7, 11) is -2.18. The van der Waals surface area contributed by atoms with Crippen LogP contribution >= 0.6 is 0 Å². The number of nitrogens with two attached hydrogens (primary N) is 1. The number of hydrogen-bond donors (Lipinski definition) is 2. The summed E-state index contributed by atoms with van der Waals surface area (Å²) < 4.78 is 38.0. The Labute approximate surface area is 119 Å². The average molecular weight is 300 g/mol. The Morgan fingerprint density at radius 3 is 2.80 bits per heavy atom. The van der Waals surface area contributed by atoms with Crippen LogP contribution in [-0.4, -0.2) is 34.3 Å². The van der Waals surface area contributed by atoms with E-state index in [-0.39, 0.29) is 4.90 Å². The second-order valence-electron chi connectivity index (χ2n) is 5.23. The largest absolute Gasteiger partial charge is 0.495 e. The van der Waals surface area contributed by atoms with Crippen LogP contribution in [0.25, 0.3) is 0 Å². The minimum Gasteiger partial charge on any atom is -0.495 e. The number of ether oxygens (including phenoxy) is 2. The zero-order chi connectivity index (χ0) is 14.8. The van der Waals surface area contributed by atoms with Gasteiger partial charge in [0, 0.05) is 12.7 Å². The van der Waals surface area contributed by atoms with Crippen LogP contribution in [0.1, 0.15) is 19.8 Å². The van der Waals surface area contributed by atoms with Gasteiger partial charge in [0.1, 0.15) is 5.75 Å². The van der Waals surface area contributed by atoms with E-state index in [2.05, 4.69) is 4.72 Å². The Morgan fingerprint density at radius 2 is 2.20 bits per heavy atom. The summed E-state index contributed by atoms with van der Waals surface area (Å²) in [5.74, 6) is 0.345. The van der Waals surface area contributed by atoms with Gasteiger partial charge in [-0.1, -0.05) is 0 Å². The molecule has 1 unspecified atom stereocenters. The fourth-order valence-electron chi connectivity index (χ4n) is 2.26. The number of methoxy groups -OCH3 is 1. The number of rotatable bonds is 4. The second-order valence-corrected chi connectivity index (χ2v) is 6.91. The van der Waals surface area contributed by atoms with E-state index in [0.29, 0.717) is 24.7 Å². The quantitative estimate of drug-likeness (QED) is 0.813. The maximum atomic E-state index is 12.4. The van der Waals surface area contributed by atoms with E-state index in [1.54, 1.807) is 0 Å². The summed E-state index contributed by atoms with van der Waals surface area (Å²) in [6.07, 6.45) is 1.59. The first-order chi connectivity index (χ1) is 9.36. The summed E-state index contributed by atoms with van der Waals surface area (Å²) in [5.41, 5.74) is 5.52. The van der Waals surface area contributed by atoms with E-state index < -0.39 is 15.6 Å². The van der Waals surface area contributed by atoms with E-state index in [0.717, 1.165) is 12.8 Å². The van der Waals surface area contributed by atoms with Crippen LogP contribution in [0.15, 0.2) is 23.1 Å². The number of nitrogens with one attached hydrogen (secondary N) is 1. The number of nitrogen functional groups attached to an aromatic ring is 1. The van der Waals surface area contributed by atoms with Crippen molar-refractivity contribution in [3.63, 3.8) is 0 Å². The average Bonchev–Trinajstić information content (AvgIpc) is 2.38. The fraction of sp³-hybridized carbons (Fsp3) is 0.538. The van der Waals surface area contributed by atoms with Gasteiger partial charge in [0.25, 0.3) is 0 Å². The summed E-state index contributed by atoms with van der Waals surface area (Å²) >= 11 is 0. The lowest BCUT2D eigenvalue weighted by Gasteiger charge is -2.33. The van der Waals surface area contributed by atoms with Gasteiger partial charge < -0.3 is 15.2 Å². The van der Waals surface area contributed by atoms with Gasteiger partial charge in [-0.3, -0.25) is 0 Å². The summed E-state index contributed by atoms with van der Waals surface area (Å²) in [6.45, 7) is 2.89. The third kappa shape index (κ3) is 3.23. The molecule has 1 aliphatic rings. The third-order valence-electron chi connectivity index (χ3n) is 3.33. The molecule has 0 aromatic heterocycles. The van der Waals surface area contributed by atoms with Gasteiger partial charge >= 0.3 is 0 Å². The molecule has 1 atom stereocenters. The molecule has 1 aliphatic heterocycles. The van der Waals surface area contributed by atoms with E-state index in [1.807, 2.05) is 6.92 Å². The zero-order valence-corrected chi connectivity index (χ0v) is 12.5. The van der Waals surface area contributed by atoms with Crippen molar-refractivity contribution in [1.29, 1.82) is 0 Å². The van der Waals surface area contributed by atoms with E-state index in [4.69, 9.17) is 15.2 Å². The first-order valence-electron chi connectivity index (χ1n) is 6.42. The van der Waals surface area contributed by atoms with Crippen LogP contribution in [0.3, 0.4) is 0 Å². The smallest absolute Gasteiger partial charge is 0.241 e. The molecular weight excluding hydrogens is 280 g/mol. The molecule has 0 amide bonds. The van der Waals surface area contributed by atoms with Crippen molar-refractivity contribution < 1.29 is 17.9 Å². The van der Waals surface area contributed by atoms with E-state index in [1.165, 1.54) is 25.3 Å². The molecule has 1 fully saturated rings. The van der Waals surface area contributed by atoms with Crippen molar-refractivity contribution in [2.24, 2.45) is 0 Å². The molecule has 0 radical (unpaired) electrons. The SMILES string of the molecule is COc1cc(S(=O)(=O)NC2(C)CCCOC2)ccc1N. The van der Waals surface area contributed by atoms with Crippen molar-refractivity contribution in [2.45, 2.75) is 30.2 Å². The predicted molar refractivity (Wildman–Crippen MR) is 76.2 cm³/mol. The minimum absolute atomic E-state index is 0.135. The molecule has 2 rings (SSSR count). The molecule has 1 aromatic carbocycles. The molecule has 3 N–H and O–H groups in total. The van der Waals surface area contributed by atoms with Crippen LogP contribution in [0.4, 0.5) is 5.69 Å². The fourth-order valence-corrected chi connectivity index (χ4v) is 3.69. The van der Waals surface area contributed by atoms with E-state index >= 15 is 0 Å². The summed E-state index contributed by atoms with van der Waals surface area (Å²) in [4.78, 5) is 0.135. The van der Waals surface area contributed by atoms with Gasteiger partial charge in [0.2, 0.25) is 10.0 Å². The lowest BCUT2D eigenvalue weighted by molar-refractivity contribution is 0.0386. The standard InChI is InChI=1S/C13H20N2O4S/c1-13(6-3-7-19-9-13)15-20(16,17)10-4-5-11(14)12(8-10)18-2/h4-5,8,15H,3,6-7,9,14H2,1-2H3. The summed E-state index contributed by atoms with van der Waals surface area (Å²) in [5, 5.41) is 0. The van der Waals surface area contributed by atoms with Crippen molar-refractivity contribution >= 4 is 15.7 Å². The second kappa shape index (κ2) is 5.59. The highest BCUT2D eigenvalue weighted by Gasteiger charge is 2.33. The summed E-state index contributed by atoms with van der Waals surface area (Å²) in [6, 6.07) is 4.41. The molecule has 1 saturated heterocycles. The van der Waals surface area contributed by atoms with Gasteiger partial charge in [-0.25, -0.2) is 13.1 Å². The molecule has 1 aromatic rings. The Balaban J connectivity index is 2.26. The molecule has 7 heteroatoms. The number of anilines is 1. The molecule has 6 nitrogen and oxygen atoms in total. The predicted octanol–water partition coefficient (Wildman–Crippen LogP) is 1.12. The van der Waals surface area contributed by atoms with Gasteiger partial charge in [-0.2, -0.15) is 0 Å². The van der Waals surface area contributed by atoms with Crippen molar-refractivity contribution in [2.75, 3.05) is 26.1 Å². The molecule has 20 heavy (non-hydrogen) atoms. The zero-order valence-electron chi connectivity index (χ0n) is 11.7. The monoisotopic (exact) mass is 300 g/mol. The third-order valence-corrected chi connectivity index (χ3v) is 4.97. The molecule has 1 heterocycles. The first kappa shape index (κ1) is 15.1. The van der Waals surface area contributed by atoms with Crippen molar-refractivity contribution in [3.8, 4) is 5.75 Å². The molecule has 112 valence electrons. The Hall–Kier alpha value is -1.31.